The normalized spacial score (nSPS) is 11.1. The predicted molar refractivity (Wildman–Crippen MR) is 95.5 cm³/mol. The van der Waals surface area contributed by atoms with E-state index in [2.05, 4.69) is 33.7 Å². The summed E-state index contributed by atoms with van der Waals surface area (Å²) < 4.78 is 0. The minimum absolute atomic E-state index is 0.0579. The van der Waals surface area contributed by atoms with Crippen LogP contribution in [0.2, 0.25) is 0 Å². The molecular formula is C18H16N4O2. The van der Waals surface area contributed by atoms with Gasteiger partial charge in [-0.25, -0.2) is 4.98 Å². The molecule has 1 N–H and O–H groups in total. The third kappa shape index (κ3) is 3.38. The molecule has 0 unspecified atom stereocenters. The van der Waals surface area contributed by atoms with Crippen LogP contribution in [0.4, 0.5) is 11.5 Å². The molecule has 0 bridgehead atoms. The summed E-state index contributed by atoms with van der Waals surface area (Å²) in [4.78, 5) is 14.8. The lowest BCUT2D eigenvalue weighted by molar-refractivity contribution is -0.384. The van der Waals surface area contributed by atoms with Gasteiger partial charge in [0.05, 0.1) is 16.7 Å². The molecule has 6 nitrogen and oxygen atoms in total. The molecule has 0 aliphatic carbocycles. The first-order valence-electron chi connectivity index (χ1n) is 7.44. The number of benzene rings is 2. The predicted octanol–water partition coefficient (Wildman–Crippen LogP) is 4.21. The minimum Gasteiger partial charge on any atom is -0.261 e. The van der Waals surface area contributed by atoms with Gasteiger partial charge in [0.25, 0.3) is 5.69 Å². The zero-order valence-corrected chi connectivity index (χ0v) is 13.4. The van der Waals surface area contributed by atoms with Crippen molar-refractivity contribution in [3.8, 4) is 0 Å². The molecule has 0 amide bonds. The number of anilines is 1. The Hall–Kier alpha value is -3.28. The van der Waals surface area contributed by atoms with Crippen LogP contribution in [0.5, 0.6) is 0 Å². The number of aromatic nitrogens is 1. The first-order chi connectivity index (χ1) is 11.5. The third-order valence-electron chi connectivity index (χ3n) is 3.65. The molecule has 3 aromatic rings. The van der Waals surface area contributed by atoms with Crippen LogP contribution in [0, 0.1) is 24.0 Å². The highest BCUT2D eigenvalue weighted by molar-refractivity contribution is 5.83. The van der Waals surface area contributed by atoms with E-state index in [9.17, 15) is 10.1 Å². The summed E-state index contributed by atoms with van der Waals surface area (Å²) in [5.74, 6) is 0.686. The van der Waals surface area contributed by atoms with Gasteiger partial charge in [0.2, 0.25) is 0 Å². The van der Waals surface area contributed by atoms with Crippen molar-refractivity contribution in [2.24, 2.45) is 5.10 Å². The number of non-ortho nitro benzene ring substituents is 1. The maximum atomic E-state index is 10.6. The van der Waals surface area contributed by atoms with Crippen LogP contribution >= 0.6 is 0 Å². The van der Waals surface area contributed by atoms with Gasteiger partial charge >= 0.3 is 0 Å². The van der Waals surface area contributed by atoms with E-state index in [0.29, 0.717) is 5.82 Å². The van der Waals surface area contributed by atoms with E-state index in [1.807, 2.05) is 19.9 Å². The lowest BCUT2D eigenvalue weighted by Crippen LogP contribution is -1.97. The van der Waals surface area contributed by atoms with Gasteiger partial charge in [0, 0.05) is 17.5 Å². The molecule has 0 aliphatic heterocycles. The van der Waals surface area contributed by atoms with Crippen molar-refractivity contribution in [2.75, 3.05) is 5.43 Å². The van der Waals surface area contributed by atoms with Crippen molar-refractivity contribution in [3.63, 3.8) is 0 Å². The zero-order chi connectivity index (χ0) is 17.1. The number of nitro benzene ring substituents is 1. The highest BCUT2D eigenvalue weighted by Crippen LogP contribution is 2.20. The molecule has 0 saturated carbocycles. The topological polar surface area (TPSA) is 80.4 Å². The van der Waals surface area contributed by atoms with Crippen LogP contribution in [0.3, 0.4) is 0 Å². The number of nitro groups is 1. The largest absolute Gasteiger partial charge is 0.269 e. The molecular weight excluding hydrogens is 304 g/mol. The molecule has 0 aliphatic rings. The number of nitrogens with zero attached hydrogens (tertiary/aromatic N) is 3. The number of rotatable bonds is 4. The first-order valence-corrected chi connectivity index (χ1v) is 7.44. The molecule has 0 saturated heterocycles. The molecule has 0 radical (unpaired) electrons. The minimum atomic E-state index is -0.427. The van der Waals surface area contributed by atoms with Crippen molar-refractivity contribution >= 4 is 28.6 Å². The Labute approximate surface area is 139 Å². The van der Waals surface area contributed by atoms with Crippen LogP contribution in [-0.4, -0.2) is 16.1 Å². The number of hydrazone groups is 1. The van der Waals surface area contributed by atoms with Gasteiger partial charge in [-0.15, -0.1) is 0 Å². The van der Waals surface area contributed by atoms with Crippen LogP contribution in [-0.2, 0) is 0 Å². The fraction of sp³-hybridized carbons (Fsp3) is 0.111. The summed E-state index contributed by atoms with van der Waals surface area (Å²) in [6.45, 7) is 4.00. The van der Waals surface area contributed by atoms with Crippen LogP contribution in [0.25, 0.3) is 10.9 Å². The molecule has 24 heavy (non-hydrogen) atoms. The highest BCUT2D eigenvalue weighted by atomic mass is 16.6. The highest BCUT2D eigenvalue weighted by Gasteiger charge is 2.04. The SMILES string of the molecule is Cc1ccc2cc(C)c(N/N=C\c3ccc([N+](=O)[O-])cc3)nc2c1. The van der Waals surface area contributed by atoms with Gasteiger partial charge in [0.1, 0.15) is 5.82 Å². The van der Waals surface area contributed by atoms with E-state index in [1.165, 1.54) is 12.1 Å². The van der Waals surface area contributed by atoms with Gasteiger partial charge in [-0.2, -0.15) is 5.10 Å². The maximum absolute atomic E-state index is 10.6. The number of nitrogens with one attached hydrogen (secondary N) is 1. The third-order valence-corrected chi connectivity index (χ3v) is 3.65. The van der Waals surface area contributed by atoms with E-state index in [-0.39, 0.29) is 5.69 Å². The zero-order valence-electron chi connectivity index (χ0n) is 13.4. The van der Waals surface area contributed by atoms with Crippen LogP contribution in [0.1, 0.15) is 16.7 Å². The van der Waals surface area contributed by atoms with Gasteiger partial charge in [0.15, 0.2) is 0 Å². The second kappa shape index (κ2) is 6.45. The smallest absolute Gasteiger partial charge is 0.261 e. The summed E-state index contributed by atoms with van der Waals surface area (Å²) >= 11 is 0. The van der Waals surface area contributed by atoms with Gasteiger partial charge < -0.3 is 0 Å². The first kappa shape index (κ1) is 15.6. The summed E-state index contributed by atoms with van der Waals surface area (Å²) in [6.07, 6.45) is 1.60. The van der Waals surface area contributed by atoms with Gasteiger partial charge in [-0.05, 0) is 54.8 Å². The summed E-state index contributed by atoms with van der Waals surface area (Å²) in [5.41, 5.74) is 6.81. The number of fused-ring (bicyclic) bond motifs is 1. The number of aryl methyl sites for hydroxylation is 2. The van der Waals surface area contributed by atoms with Gasteiger partial charge in [-0.1, -0.05) is 12.1 Å². The van der Waals surface area contributed by atoms with E-state index < -0.39 is 4.92 Å². The van der Waals surface area contributed by atoms with Crippen molar-refractivity contribution in [3.05, 3.63) is 75.3 Å². The molecule has 0 spiro atoms. The lowest BCUT2D eigenvalue weighted by Gasteiger charge is -2.07. The fourth-order valence-electron chi connectivity index (χ4n) is 2.35. The Morgan fingerprint density at radius 3 is 2.58 bits per heavy atom. The van der Waals surface area contributed by atoms with Crippen molar-refractivity contribution < 1.29 is 4.92 Å². The quantitative estimate of drug-likeness (QED) is 0.443. The molecule has 2 aromatic carbocycles. The fourth-order valence-corrected chi connectivity index (χ4v) is 2.35. The van der Waals surface area contributed by atoms with E-state index in [0.717, 1.165) is 27.6 Å². The Kier molecular flexibility index (Phi) is 4.20. The molecule has 0 fully saturated rings. The average Bonchev–Trinajstić information content (AvgIpc) is 2.56. The Morgan fingerprint density at radius 1 is 1.12 bits per heavy atom. The molecule has 0 atom stereocenters. The monoisotopic (exact) mass is 320 g/mol. The van der Waals surface area contributed by atoms with Gasteiger partial charge in [-0.3, -0.25) is 15.5 Å². The van der Waals surface area contributed by atoms with Crippen LogP contribution < -0.4 is 5.43 Å². The molecule has 1 heterocycles. The summed E-state index contributed by atoms with van der Waals surface area (Å²) in [6, 6.07) is 14.4. The van der Waals surface area contributed by atoms with E-state index in [4.69, 9.17) is 0 Å². The summed E-state index contributed by atoms with van der Waals surface area (Å²) in [5, 5.41) is 15.9. The van der Waals surface area contributed by atoms with E-state index >= 15 is 0 Å². The van der Waals surface area contributed by atoms with Crippen LogP contribution in [0.15, 0.2) is 53.6 Å². The molecule has 6 heteroatoms. The number of hydrogen-bond donors (Lipinski definition) is 1. The number of hydrogen-bond acceptors (Lipinski definition) is 5. The second-order valence-corrected chi connectivity index (χ2v) is 5.57. The van der Waals surface area contributed by atoms with Crippen molar-refractivity contribution in [1.29, 1.82) is 0 Å². The Balaban J connectivity index is 1.79. The lowest BCUT2D eigenvalue weighted by atomic mass is 10.1. The second-order valence-electron chi connectivity index (χ2n) is 5.57. The Bertz CT molecular complexity index is 934. The molecule has 1 aromatic heterocycles. The average molecular weight is 320 g/mol. The molecule has 3 rings (SSSR count). The number of pyridine rings is 1. The van der Waals surface area contributed by atoms with Crippen molar-refractivity contribution in [1.82, 2.24) is 4.98 Å². The maximum Gasteiger partial charge on any atom is 0.269 e. The Morgan fingerprint density at radius 2 is 1.88 bits per heavy atom. The molecule has 120 valence electrons. The van der Waals surface area contributed by atoms with Crippen molar-refractivity contribution in [2.45, 2.75) is 13.8 Å². The van der Waals surface area contributed by atoms with E-state index in [1.54, 1.807) is 18.3 Å². The standard InChI is InChI=1S/C18H16N4O2/c1-12-3-6-15-10-13(2)18(20-17(15)9-12)21-19-11-14-4-7-16(8-5-14)22(23)24/h3-11H,1-2H3,(H,20,21)/b19-11-. The summed E-state index contributed by atoms with van der Waals surface area (Å²) in [7, 11) is 0.